The van der Waals surface area contributed by atoms with Crippen LogP contribution in [0.15, 0.2) is 432 Å². The van der Waals surface area contributed by atoms with E-state index in [2.05, 4.69) is 132 Å². The summed E-state index contributed by atoms with van der Waals surface area (Å²) in [5, 5.41) is 0. The number of hydrogen-bond acceptors (Lipinski definition) is 8. The third kappa shape index (κ3) is 31.6. The molecule has 0 aliphatic heterocycles. The molecule has 8 nitrogen and oxygen atoms in total. The summed E-state index contributed by atoms with van der Waals surface area (Å²) >= 11 is 0. The van der Waals surface area contributed by atoms with E-state index in [1.54, 1.807) is 99.0 Å². The van der Waals surface area contributed by atoms with Crippen LogP contribution in [-0.4, -0.2) is 39.9 Å². The molecule has 0 unspecified atom stereocenters. The molecule has 20 rings (SSSR count). The molecule has 8 heterocycles. The minimum absolute atomic E-state index is 0. The van der Waals surface area contributed by atoms with Gasteiger partial charge in [-0.2, -0.15) is 0 Å². The third-order valence-corrected chi connectivity index (χ3v) is 19.7. The number of benzene rings is 12. The van der Waals surface area contributed by atoms with Gasteiger partial charge in [0.25, 0.3) is 0 Å². The number of rotatable bonds is 12. The summed E-state index contributed by atoms with van der Waals surface area (Å²) in [5.74, 6) is 0. The van der Waals surface area contributed by atoms with Gasteiger partial charge in [-0.05, 0) is 186 Å². The van der Waals surface area contributed by atoms with E-state index in [1.165, 1.54) is 52.6 Å². The fraction of sp³-hybridized carbons (Fsp3) is 0.0744. The molecule has 0 amide bonds. The smallest absolute Gasteiger partial charge is 0.0280 e. The molecule has 12 heteroatoms. The van der Waals surface area contributed by atoms with Crippen molar-refractivity contribution in [2.45, 2.75) is 61.9 Å². The van der Waals surface area contributed by atoms with Crippen molar-refractivity contribution in [3.63, 3.8) is 0 Å². The Morgan fingerprint density at radius 2 is 0.474 bits per heavy atom. The summed E-state index contributed by atoms with van der Waals surface area (Å²) in [7, 11) is 0. The monoisotopic (exact) mass is 2450 g/mol. The molecule has 20 aromatic rings. The second kappa shape index (κ2) is 54.9. The van der Waals surface area contributed by atoms with E-state index in [0.717, 1.165) is 107 Å². The SMILES string of the molecule is Cc1cc(-c2[c-]cccc2)ncc1-c1ccccc1.[2H]C([2H])([2H])c1cc(-c2[c-]cccc2)ncc1-c1ccccc1.[2H]C([2H])([2H])c1ccc(-c2[c-]cccc2)nc1.[2H]C([2H])([2H])c1ccc(-c2[c-]cccc2)nc1.[2H]C([2H])([2H])c1ccccc1-c1ccc(-c2[c-]cccc2)nc1.[2H]C([2H])([2H])c1cnc(-c2[c-]cccc2)cc1C.[2H]C([2H])([2H])c1cnc(-c2[c-]cccc2)cc1C.[Ir].[Ir].[Ir].[Ir].[c-]1ccccc1-c1cc(-c2ccccc2)ccn1. The van der Waals surface area contributed by atoms with Crippen LogP contribution in [0.25, 0.3) is 135 Å². The van der Waals surface area contributed by atoms with Crippen molar-refractivity contribution in [1.29, 1.82) is 0 Å². The van der Waals surface area contributed by atoms with Gasteiger partial charge in [-0.3, -0.25) is 0 Å². The number of hydrogen-bond donors (Lipinski definition) is 0. The van der Waals surface area contributed by atoms with Crippen LogP contribution in [0.1, 0.15) is 74.7 Å². The maximum Gasteiger partial charge on any atom is 0.0280 e. The molecular formula is C121H98Ir4N8-8. The molecule has 0 bridgehead atoms. The summed E-state index contributed by atoms with van der Waals surface area (Å²) < 4.78 is 134. The summed E-state index contributed by atoms with van der Waals surface area (Å²) in [5.41, 5.74) is 25.7. The standard InChI is InChI=1S/3C18H14N.C17H12N.2C13H12N.2C12H10N.4Ir/c2*1-14-12-18(16-10-6-3-7-11-16)19-13-17(14)15-8-4-2-5-9-15;1-14-7-5-6-10-17(14)16-11-12-18(19-13-16)15-8-3-2-4-9-15;1-3-7-14(8-4-1)16-11-12-18-17(13-16)15-9-5-2-6-10-15;2*1-10-8-13(14-9-11(10)2)12-6-4-3-5-7-12;2*1-10-7-8-12(13-9-10)11-5-3-2-4-6-11;;;;/h2*2-10,12-13H,1H3;2-8,10-13H,1H3;1-9,11-13H;2*3-6,8-9H,1-2H3;2*2-5,7-9H,1H3;;;;/q8*-1;;;;/i1D3;;1D3;;2*2D3;2*1D3;;;;. The molecule has 666 valence electrons. The molecule has 8 aromatic heterocycles. The second-order valence-corrected chi connectivity index (χ2v) is 28.8. The van der Waals surface area contributed by atoms with Crippen molar-refractivity contribution in [3.05, 3.63) is 530 Å². The van der Waals surface area contributed by atoms with Crippen molar-refractivity contribution in [3.8, 4) is 135 Å². The second-order valence-electron chi connectivity index (χ2n) is 28.8. The summed E-state index contributed by atoms with van der Waals surface area (Å²) in [4.78, 5) is 34.4. The first-order valence-electron chi connectivity index (χ1n) is 50.3. The Labute approximate surface area is 865 Å². The molecule has 133 heavy (non-hydrogen) atoms. The molecule has 0 saturated heterocycles. The molecule has 0 N–H and O–H groups in total. The fourth-order valence-electron chi connectivity index (χ4n) is 12.8. The first kappa shape index (κ1) is 79.2. The van der Waals surface area contributed by atoms with Crippen molar-refractivity contribution >= 4 is 0 Å². The number of pyridine rings is 8. The van der Waals surface area contributed by atoms with Gasteiger partial charge in [-0.15, -0.1) is 287 Å². The van der Waals surface area contributed by atoms with E-state index in [4.69, 9.17) is 24.7 Å². The molecule has 12 aromatic carbocycles. The van der Waals surface area contributed by atoms with Crippen LogP contribution in [0.4, 0.5) is 0 Å². The van der Waals surface area contributed by atoms with Gasteiger partial charge in [0.15, 0.2) is 0 Å². The van der Waals surface area contributed by atoms with E-state index in [9.17, 15) is 0 Å². The Bertz CT molecular complexity index is 7260. The van der Waals surface area contributed by atoms with E-state index in [0.29, 0.717) is 39.1 Å². The Kier molecular flexibility index (Phi) is 32.7. The zero-order valence-corrected chi connectivity index (χ0v) is 82.0. The van der Waals surface area contributed by atoms with Gasteiger partial charge >= 0.3 is 0 Å². The largest absolute Gasteiger partial charge is 0.305 e. The number of aryl methyl sites for hydroxylation is 9. The van der Waals surface area contributed by atoms with E-state index >= 15 is 0 Å². The molecule has 0 aliphatic rings. The van der Waals surface area contributed by atoms with Gasteiger partial charge in [-0.1, -0.05) is 193 Å². The van der Waals surface area contributed by atoms with Crippen LogP contribution in [0.5, 0.6) is 0 Å². The summed E-state index contributed by atoms with van der Waals surface area (Å²) in [6.45, 7) is -7.02. The van der Waals surface area contributed by atoms with Crippen LogP contribution in [0.2, 0.25) is 0 Å². The molecule has 0 fully saturated rings. The van der Waals surface area contributed by atoms with Crippen molar-refractivity contribution < 1.29 is 105 Å². The molecule has 0 spiro atoms. The van der Waals surface area contributed by atoms with Gasteiger partial charge in [-0.25, -0.2) is 0 Å². The Balaban J connectivity index is 0.000000191. The van der Waals surface area contributed by atoms with Gasteiger partial charge in [0.1, 0.15) is 0 Å². The summed E-state index contributed by atoms with van der Waals surface area (Å²) in [6, 6.07) is 145. The Hall–Kier alpha value is -13.6. The third-order valence-electron chi connectivity index (χ3n) is 19.7. The minimum atomic E-state index is -2.20. The van der Waals surface area contributed by atoms with E-state index < -0.39 is 41.1 Å². The van der Waals surface area contributed by atoms with Crippen molar-refractivity contribution in [2.75, 3.05) is 0 Å². The summed E-state index contributed by atoms with van der Waals surface area (Å²) in [6.07, 6.45) is 12.8. The van der Waals surface area contributed by atoms with E-state index in [1.807, 2.05) is 285 Å². The Morgan fingerprint density at radius 1 is 0.180 bits per heavy atom. The van der Waals surface area contributed by atoms with Gasteiger partial charge < -0.3 is 39.9 Å². The van der Waals surface area contributed by atoms with Crippen LogP contribution < -0.4 is 0 Å². The van der Waals surface area contributed by atoms with Gasteiger partial charge in [0.2, 0.25) is 0 Å². The van der Waals surface area contributed by atoms with Crippen molar-refractivity contribution in [2.24, 2.45) is 0 Å². The van der Waals surface area contributed by atoms with Crippen LogP contribution in [0.3, 0.4) is 0 Å². The quantitative estimate of drug-likeness (QED) is 0.111. The maximum absolute atomic E-state index is 7.82. The van der Waals surface area contributed by atoms with E-state index in [-0.39, 0.29) is 91.5 Å². The number of nitrogens with zero attached hydrogens (tertiary/aromatic N) is 8. The van der Waals surface area contributed by atoms with Gasteiger partial charge in [0.05, 0.1) is 0 Å². The normalized spacial score (nSPS) is 12.5. The average molecular weight is 2450 g/mol. The maximum atomic E-state index is 7.82. The Morgan fingerprint density at radius 3 is 0.789 bits per heavy atom. The molecule has 0 saturated carbocycles. The zero-order chi connectivity index (χ0) is 105. The van der Waals surface area contributed by atoms with Crippen LogP contribution >= 0.6 is 0 Å². The molecule has 4 radical (unpaired) electrons. The number of aromatic nitrogens is 8. The van der Waals surface area contributed by atoms with Crippen molar-refractivity contribution in [1.82, 2.24) is 39.9 Å². The van der Waals surface area contributed by atoms with Crippen LogP contribution in [-0.2, 0) is 80.4 Å². The van der Waals surface area contributed by atoms with Gasteiger partial charge in [0, 0.05) is 166 Å². The fourth-order valence-corrected chi connectivity index (χ4v) is 12.8. The zero-order valence-electron chi connectivity index (χ0n) is 90.4. The molecular weight excluding hydrogens is 2330 g/mol. The molecule has 0 aliphatic carbocycles. The molecule has 0 atom stereocenters. The predicted molar refractivity (Wildman–Crippen MR) is 532 cm³/mol. The topological polar surface area (TPSA) is 103 Å². The minimum Gasteiger partial charge on any atom is -0.305 e. The first-order valence-corrected chi connectivity index (χ1v) is 41.3. The predicted octanol–water partition coefficient (Wildman–Crippen LogP) is 29.8. The van der Waals surface area contributed by atoms with Crippen LogP contribution in [0, 0.1) is 110 Å². The average Bonchev–Trinajstić information content (AvgIpc) is 0.791. The first-order chi connectivity index (χ1) is 70.5.